The van der Waals surface area contributed by atoms with Gasteiger partial charge in [0.05, 0.1) is 6.10 Å². The molecule has 2 rings (SSSR count). The maximum atomic E-state index is 12.3. The van der Waals surface area contributed by atoms with Crippen LogP contribution in [0.3, 0.4) is 0 Å². The third-order valence-corrected chi connectivity index (χ3v) is 4.43. The molecule has 1 saturated heterocycles. The molecule has 0 radical (unpaired) electrons. The number of aryl methyl sites for hydroxylation is 1. The van der Waals surface area contributed by atoms with Crippen molar-refractivity contribution in [3.63, 3.8) is 0 Å². The molecule has 1 aliphatic heterocycles. The average molecular weight is 329 g/mol. The lowest BCUT2D eigenvalue weighted by molar-refractivity contribution is 0.0247. The van der Waals surface area contributed by atoms with Crippen molar-refractivity contribution >= 4 is 21.8 Å². The largest absolute Gasteiger partial charge is 0.391 e. The van der Waals surface area contributed by atoms with E-state index < -0.39 is 6.10 Å². The zero-order chi connectivity index (χ0) is 14.2. The van der Waals surface area contributed by atoms with Gasteiger partial charge < -0.3 is 15.0 Å². The average Bonchev–Trinajstić information content (AvgIpc) is 2.36. The summed E-state index contributed by atoms with van der Waals surface area (Å²) in [7, 11) is 0. The lowest BCUT2D eigenvalue weighted by Gasteiger charge is -2.34. The van der Waals surface area contributed by atoms with Gasteiger partial charge in [0.1, 0.15) is 5.56 Å². The van der Waals surface area contributed by atoms with Crippen LogP contribution >= 0.6 is 15.9 Å². The van der Waals surface area contributed by atoms with Gasteiger partial charge in [-0.15, -0.1) is 0 Å². The number of amides is 1. The molecule has 2 atom stereocenters. The standard InChI is InChI=1S/C13H17BrN2O3/c1-7-3-4-16(6-11(7)17)13(19)9-5-10(14)8(2)15-12(9)18/h5,7,11,17H,3-4,6H2,1-2H3,(H,15,18)/t7-,11-/m1/s1. The SMILES string of the molecule is Cc1[nH]c(=O)c(C(=O)N2CC[C@@H](C)[C@H](O)C2)cc1Br. The van der Waals surface area contributed by atoms with Crippen LogP contribution in [-0.4, -0.2) is 40.1 Å². The highest BCUT2D eigenvalue weighted by molar-refractivity contribution is 9.10. The number of halogens is 1. The number of pyridine rings is 1. The Hall–Kier alpha value is -1.14. The zero-order valence-corrected chi connectivity index (χ0v) is 12.5. The van der Waals surface area contributed by atoms with Crippen LogP contribution in [0.15, 0.2) is 15.3 Å². The molecule has 0 unspecified atom stereocenters. The van der Waals surface area contributed by atoms with E-state index in [2.05, 4.69) is 20.9 Å². The number of β-amino-alcohol motifs (C(OH)–C–C–N with tert-alkyl or cyclic N) is 1. The van der Waals surface area contributed by atoms with Crippen molar-refractivity contribution in [3.05, 3.63) is 32.2 Å². The smallest absolute Gasteiger partial charge is 0.261 e. The van der Waals surface area contributed by atoms with Gasteiger partial charge in [-0.1, -0.05) is 6.92 Å². The first kappa shape index (κ1) is 14.3. The topological polar surface area (TPSA) is 73.4 Å². The molecule has 0 aromatic carbocycles. The van der Waals surface area contributed by atoms with Crippen molar-refractivity contribution in [2.75, 3.05) is 13.1 Å². The highest BCUT2D eigenvalue weighted by atomic mass is 79.9. The van der Waals surface area contributed by atoms with E-state index >= 15 is 0 Å². The summed E-state index contributed by atoms with van der Waals surface area (Å²) in [5, 5.41) is 9.82. The molecule has 19 heavy (non-hydrogen) atoms. The number of piperidine rings is 1. The maximum Gasteiger partial charge on any atom is 0.261 e. The fourth-order valence-corrected chi connectivity index (χ4v) is 2.49. The molecule has 1 fully saturated rings. The summed E-state index contributed by atoms with van der Waals surface area (Å²) in [6.45, 7) is 4.57. The molecule has 0 saturated carbocycles. The van der Waals surface area contributed by atoms with Crippen LogP contribution in [0.2, 0.25) is 0 Å². The lowest BCUT2D eigenvalue weighted by atomic mass is 9.95. The second kappa shape index (κ2) is 5.46. The first-order valence-electron chi connectivity index (χ1n) is 6.27. The van der Waals surface area contributed by atoms with E-state index in [0.29, 0.717) is 16.7 Å². The van der Waals surface area contributed by atoms with Crippen molar-refractivity contribution in [3.8, 4) is 0 Å². The Bertz CT molecular complexity index is 555. The van der Waals surface area contributed by atoms with E-state index in [0.717, 1.165) is 6.42 Å². The number of aromatic amines is 1. The molecule has 5 nitrogen and oxygen atoms in total. The summed E-state index contributed by atoms with van der Waals surface area (Å²) in [4.78, 5) is 28.3. The van der Waals surface area contributed by atoms with Crippen molar-refractivity contribution < 1.29 is 9.90 Å². The molecular weight excluding hydrogens is 312 g/mol. The van der Waals surface area contributed by atoms with Gasteiger partial charge in [0.25, 0.3) is 11.5 Å². The number of likely N-dealkylation sites (tertiary alicyclic amines) is 1. The van der Waals surface area contributed by atoms with E-state index in [-0.39, 0.29) is 29.5 Å². The van der Waals surface area contributed by atoms with Crippen LogP contribution in [0.4, 0.5) is 0 Å². The number of rotatable bonds is 1. The Labute approximate surface area is 119 Å². The number of hydrogen-bond acceptors (Lipinski definition) is 3. The van der Waals surface area contributed by atoms with Crippen molar-refractivity contribution in [1.29, 1.82) is 0 Å². The summed E-state index contributed by atoms with van der Waals surface area (Å²) in [5.74, 6) is -0.139. The molecule has 0 aliphatic carbocycles. The number of nitrogens with one attached hydrogen (secondary N) is 1. The Balaban J connectivity index is 2.25. The molecule has 0 spiro atoms. The van der Waals surface area contributed by atoms with E-state index in [1.165, 1.54) is 4.90 Å². The number of carbonyl (C=O) groups is 1. The van der Waals surface area contributed by atoms with Gasteiger partial charge in [0.2, 0.25) is 0 Å². The number of H-pyrrole nitrogens is 1. The molecule has 1 aromatic heterocycles. The third kappa shape index (κ3) is 2.90. The molecule has 104 valence electrons. The fourth-order valence-electron chi connectivity index (χ4n) is 2.16. The van der Waals surface area contributed by atoms with Gasteiger partial charge in [-0.05, 0) is 41.3 Å². The zero-order valence-electron chi connectivity index (χ0n) is 10.9. The van der Waals surface area contributed by atoms with Gasteiger partial charge in [0.15, 0.2) is 0 Å². The Morgan fingerprint density at radius 3 is 2.89 bits per heavy atom. The Kier molecular flexibility index (Phi) is 4.10. The fraction of sp³-hybridized carbons (Fsp3) is 0.538. The predicted octanol–water partition coefficient (Wildman–Crippen LogP) is 1.29. The van der Waals surface area contributed by atoms with Crippen molar-refractivity contribution in [1.82, 2.24) is 9.88 Å². The van der Waals surface area contributed by atoms with Gasteiger partial charge in [-0.2, -0.15) is 0 Å². The van der Waals surface area contributed by atoms with Crippen LogP contribution < -0.4 is 5.56 Å². The molecule has 1 aromatic rings. The van der Waals surface area contributed by atoms with Crippen LogP contribution in [0, 0.1) is 12.8 Å². The summed E-state index contributed by atoms with van der Waals surface area (Å²) >= 11 is 3.30. The highest BCUT2D eigenvalue weighted by Crippen LogP contribution is 2.19. The first-order valence-corrected chi connectivity index (χ1v) is 7.06. The number of hydrogen-bond donors (Lipinski definition) is 2. The van der Waals surface area contributed by atoms with Gasteiger partial charge in [-0.3, -0.25) is 9.59 Å². The first-order chi connectivity index (χ1) is 8.90. The highest BCUT2D eigenvalue weighted by Gasteiger charge is 2.29. The van der Waals surface area contributed by atoms with E-state index in [1.54, 1.807) is 13.0 Å². The van der Waals surface area contributed by atoms with Crippen LogP contribution in [-0.2, 0) is 0 Å². The second-order valence-electron chi connectivity index (χ2n) is 5.07. The molecular formula is C13H17BrN2O3. The number of aliphatic hydroxyl groups is 1. The number of aliphatic hydroxyl groups excluding tert-OH is 1. The van der Waals surface area contributed by atoms with E-state index in [1.807, 2.05) is 6.92 Å². The second-order valence-corrected chi connectivity index (χ2v) is 5.92. The number of carbonyl (C=O) groups excluding carboxylic acids is 1. The van der Waals surface area contributed by atoms with E-state index in [4.69, 9.17) is 0 Å². The predicted molar refractivity (Wildman–Crippen MR) is 75.2 cm³/mol. The molecule has 1 aliphatic rings. The minimum absolute atomic E-state index is 0.110. The van der Waals surface area contributed by atoms with Crippen LogP contribution in [0.25, 0.3) is 0 Å². The minimum atomic E-state index is -0.523. The molecule has 0 bridgehead atoms. The van der Waals surface area contributed by atoms with Crippen LogP contribution in [0.1, 0.15) is 29.4 Å². The summed E-state index contributed by atoms with van der Waals surface area (Å²) < 4.78 is 0.696. The summed E-state index contributed by atoms with van der Waals surface area (Å²) in [5.41, 5.74) is 0.409. The van der Waals surface area contributed by atoms with E-state index in [9.17, 15) is 14.7 Å². The molecule has 2 N–H and O–H groups in total. The van der Waals surface area contributed by atoms with Gasteiger partial charge in [-0.25, -0.2) is 0 Å². The molecule has 2 heterocycles. The Morgan fingerprint density at radius 2 is 2.26 bits per heavy atom. The van der Waals surface area contributed by atoms with Gasteiger partial charge >= 0.3 is 0 Å². The molecule has 1 amide bonds. The number of nitrogens with zero attached hydrogens (tertiary/aromatic N) is 1. The summed E-state index contributed by atoms with van der Waals surface area (Å²) in [6.07, 6.45) is 0.225. The Morgan fingerprint density at radius 1 is 1.58 bits per heavy atom. The van der Waals surface area contributed by atoms with Gasteiger partial charge in [0, 0.05) is 23.3 Å². The third-order valence-electron chi connectivity index (χ3n) is 3.61. The quantitative estimate of drug-likeness (QED) is 0.815. The minimum Gasteiger partial charge on any atom is -0.391 e. The van der Waals surface area contributed by atoms with Crippen molar-refractivity contribution in [2.45, 2.75) is 26.4 Å². The summed E-state index contributed by atoms with van der Waals surface area (Å²) in [6, 6.07) is 1.54. The number of aromatic nitrogens is 1. The van der Waals surface area contributed by atoms with Crippen LogP contribution in [0.5, 0.6) is 0 Å². The normalized spacial score (nSPS) is 23.5. The monoisotopic (exact) mass is 328 g/mol. The maximum absolute atomic E-state index is 12.3. The van der Waals surface area contributed by atoms with Crippen molar-refractivity contribution in [2.24, 2.45) is 5.92 Å². The molecule has 6 heteroatoms. The lowest BCUT2D eigenvalue weighted by Crippen LogP contribution is -2.47.